The monoisotopic (exact) mass is 396 g/mol. The van der Waals surface area contributed by atoms with E-state index in [2.05, 4.69) is 10.5 Å². The number of ether oxygens (including phenoxy) is 1. The van der Waals surface area contributed by atoms with E-state index >= 15 is 0 Å². The lowest BCUT2D eigenvalue weighted by Crippen LogP contribution is -2.25. The van der Waals surface area contributed by atoms with Gasteiger partial charge in [0, 0.05) is 6.07 Å². The van der Waals surface area contributed by atoms with Crippen molar-refractivity contribution in [1.82, 2.24) is 5.43 Å². The smallest absolute Gasteiger partial charge is 0.277 e. The van der Waals surface area contributed by atoms with Crippen molar-refractivity contribution >= 4 is 52.5 Å². The molecule has 130 valence electrons. The van der Waals surface area contributed by atoms with Crippen LogP contribution >= 0.6 is 34.8 Å². The molecule has 4 nitrogen and oxygen atoms in total. The summed E-state index contributed by atoms with van der Waals surface area (Å²) in [6.07, 6.45) is 3.70. The maximum absolute atomic E-state index is 11.8. The van der Waals surface area contributed by atoms with Gasteiger partial charge in [-0.15, -0.1) is 0 Å². The van der Waals surface area contributed by atoms with Crippen molar-refractivity contribution in [2.75, 3.05) is 6.61 Å². The number of amides is 1. The molecule has 7 heteroatoms. The Bertz CT molecular complexity index is 805. The largest absolute Gasteiger partial charge is 0.482 e. The molecule has 0 saturated carbocycles. The number of hydrazone groups is 1. The first kappa shape index (κ1) is 19.3. The minimum atomic E-state index is -0.422. The van der Waals surface area contributed by atoms with Gasteiger partial charge in [-0.25, -0.2) is 5.43 Å². The summed E-state index contributed by atoms with van der Waals surface area (Å²) < 4.78 is 5.32. The van der Waals surface area contributed by atoms with Gasteiger partial charge >= 0.3 is 0 Å². The Kier molecular flexibility index (Phi) is 7.31. The lowest BCUT2D eigenvalue weighted by atomic mass is 10.2. The van der Waals surface area contributed by atoms with Crippen molar-refractivity contribution in [2.24, 2.45) is 5.10 Å². The van der Waals surface area contributed by atoms with Crippen LogP contribution in [0.2, 0.25) is 15.1 Å². The van der Waals surface area contributed by atoms with Crippen LogP contribution in [0.3, 0.4) is 0 Å². The molecule has 0 aromatic heterocycles. The fourth-order valence-corrected chi connectivity index (χ4v) is 2.35. The number of allylic oxidation sites excluding steroid dienone is 1. The van der Waals surface area contributed by atoms with Crippen LogP contribution in [0.15, 0.2) is 53.6 Å². The zero-order valence-electron chi connectivity index (χ0n) is 13.3. The summed E-state index contributed by atoms with van der Waals surface area (Å²) in [4.78, 5) is 11.8. The summed E-state index contributed by atoms with van der Waals surface area (Å²) in [6, 6.07) is 12.7. The van der Waals surface area contributed by atoms with Crippen LogP contribution < -0.4 is 10.2 Å². The first-order valence-electron chi connectivity index (χ1n) is 7.29. The minimum absolute atomic E-state index is 0.253. The summed E-state index contributed by atoms with van der Waals surface area (Å²) in [6.45, 7) is 1.52. The predicted octanol–water partition coefficient (Wildman–Crippen LogP) is 5.23. The molecule has 0 aliphatic rings. The first-order chi connectivity index (χ1) is 12.0. The van der Waals surface area contributed by atoms with Crippen LogP contribution in [-0.4, -0.2) is 18.2 Å². The zero-order valence-corrected chi connectivity index (χ0v) is 15.6. The highest BCUT2D eigenvalue weighted by molar-refractivity contribution is 6.43. The van der Waals surface area contributed by atoms with Crippen LogP contribution in [0.1, 0.15) is 12.5 Å². The average molecular weight is 398 g/mol. The molecule has 0 atom stereocenters. The van der Waals surface area contributed by atoms with Gasteiger partial charge in [0.15, 0.2) is 6.61 Å². The maximum Gasteiger partial charge on any atom is 0.277 e. The van der Waals surface area contributed by atoms with Crippen molar-refractivity contribution in [3.8, 4) is 5.75 Å². The van der Waals surface area contributed by atoms with Gasteiger partial charge in [0.2, 0.25) is 0 Å². The van der Waals surface area contributed by atoms with Gasteiger partial charge in [-0.1, -0.05) is 71.2 Å². The van der Waals surface area contributed by atoms with Gasteiger partial charge in [0.1, 0.15) is 5.75 Å². The minimum Gasteiger partial charge on any atom is -0.482 e. The molecule has 0 radical (unpaired) electrons. The van der Waals surface area contributed by atoms with Crippen LogP contribution in [0.5, 0.6) is 5.75 Å². The van der Waals surface area contributed by atoms with Crippen molar-refractivity contribution in [1.29, 1.82) is 0 Å². The molecule has 2 aromatic carbocycles. The van der Waals surface area contributed by atoms with Crippen LogP contribution in [0.25, 0.3) is 6.08 Å². The summed E-state index contributed by atoms with van der Waals surface area (Å²) >= 11 is 17.7. The fourth-order valence-electron chi connectivity index (χ4n) is 1.76. The van der Waals surface area contributed by atoms with E-state index in [0.717, 1.165) is 5.56 Å². The Morgan fingerprint density at radius 2 is 1.80 bits per heavy atom. The molecule has 2 rings (SSSR count). The van der Waals surface area contributed by atoms with E-state index in [4.69, 9.17) is 39.5 Å². The highest BCUT2D eigenvalue weighted by atomic mass is 35.5. The molecule has 0 saturated heterocycles. The van der Waals surface area contributed by atoms with Gasteiger partial charge in [-0.3, -0.25) is 4.79 Å². The molecule has 0 heterocycles. The SMILES string of the molecule is CC(/C=C/c1ccccc1)=N\NC(=O)COc1cc(Cl)c(Cl)cc1Cl. The van der Waals surface area contributed by atoms with Gasteiger partial charge in [0.25, 0.3) is 5.91 Å². The van der Waals surface area contributed by atoms with Gasteiger partial charge < -0.3 is 4.74 Å². The highest BCUT2D eigenvalue weighted by Crippen LogP contribution is 2.33. The van der Waals surface area contributed by atoms with Gasteiger partial charge in [0.05, 0.1) is 20.8 Å². The maximum atomic E-state index is 11.8. The number of nitrogens with zero attached hydrogens (tertiary/aromatic N) is 1. The van der Waals surface area contributed by atoms with E-state index < -0.39 is 5.91 Å². The van der Waals surface area contributed by atoms with E-state index in [9.17, 15) is 4.79 Å². The van der Waals surface area contributed by atoms with Crippen LogP contribution in [0, 0.1) is 0 Å². The number of hydrogen-bond acceptors (Lipinski definition) is 3. The van der Waals surface area contributed by atoms with E-state index in [1.54, 1.807) is 13.0 Å². The molecule has 1 N–H and O–H groups in total. The Morgan fingerprint density at radius 1 is 1.12 bits per heavy atom. The van der Waals surface area contributed by atoms with E-state index in [-0.39, 0.29) is 17.4 Å². The molecule has 0 spiro atoms. The molecule has 0 aliphatic carbocycles. The normalized spacial score (nSPS) is 11.6. The van der Waals surface area contributed by atoms with Crippen LogP contribution in [-0.2, 0) is 4.79 Å². The van der Waals surface area contributed by atoms with Crippen molar-refractivity contribution in [3.05, 3.63) is 69.2 Å². The average Bonchev–Trinajstić information content (AvgIpc) is 2.61. The summed E-state index contributed by atoms with van der Waals surface area (Å²) in [5, 5.41) is 4.85. The number of carbonyl (C=O) groups is 1. The third-order valence-electron chi connectivity index (χ3n) is 3.01. The Balaban J connectivity index is 1.86. The molecule has 2 aromatic rings. The zero-order chi connectivity index (χ0) is 18.2. The molecular formula is C18H15Cl3N2O2. The number of nitrogens with one attached hydrogen (secondary N) is 1. The highest BCUT2D eigenvalue weighted by Gasteiger charge is 2.09. The topological polar surface area (TPSA) is 50.7 Å². The second-order valence-corrected chi connectivity index (χ2v) is 6.24. The predicted molar refractivity (Wildman–Crippen MR) is 104 cm³/mol. The number of hydrogen-bond donors (Lipinski definition) is 1. The van der Waals surface area contributed by atoms with Gasteiger partial charge in [-0.2, -0.15) is 5.10 Å². The van der Waals surface area contributed by atoms with Crippen molar-refractivity contribution < 1.29 is 9.53 Å². The molecule has 0 fully saturated rings. The standard InChI is InChI=1S/C18H15Cl3N2O2/c1-12(7-8-13-5-3-2-4-6-13)22-23-18(24)11-25-17-10-15(20)14(19)9-16(17)21/h2-10H,11H2,1H3,(H,23,24)/b8-7+,22-12+. The quantitative estimate of drug-likeness (QED) is 0.412. The molecule has 0 aliphatic heterocycles. The lowest BCUT2D eigenvalue weighted by molar-refractivity contribution is -0.123. The van der Waals surface area contributed by atoms with Crippen LogP contribution in [0.4, 0.5) is 0 Å². The Morgan fingerprint density at radius 3 is 2.52 bits per heavy atom. The second-order valence-electron chi connectivity index (χ2n) is 5.02. The second kappa shape index (κ2) is 9.47. The Hall–Kier alpha value is -2.01. The summed E-state index contributed by atoms with van der Waals surface area (Å²) in [7, 11) is 0. The third-order valence-corrected chi connectivity index (χ3v) is 4.02. The molecule has 1 amide bonds. The third kappa shape index (κ3) is 6.42. The van der Waals surface area contributed by atoms with E-state index in [0.29, 0.717) is 15.8 Å². The molecular weight excluding hydrogens is 383 g/mol. The number of benzene rings is 2. The van der Waals surface area contributed by atoms with Crippen molar-refractivity contribution in [2.45, 2.75) is 6.92 Å². The molecule has 0 bridgehead atoms. The van der Waals surface area contributed by atoms with Crippen molar-refractivity contribution in [3.63, 3.8) is 0 Å². The van der Waals surface area contributed by atoms with Gasteiger partial charge in [-0.05, 0) is 24.6 Å². The first-order valence-corrected chi connectivity index (χ1v) is 8.42. The lowest BCUT2D eigenvalue weighted by Gasteiger charge is -2.08. The Labute approximate surface area is 161 Å². The number of carbonyl (C=O) groups excluding carboxylic acids is 1. The fraction of sp³-hybridized carbons (Fsp3) is 0.111. The molecule has 0 unspecified atom stereocenters. The summed E-state index contributed by atoms with van der Waals surface area (Å²) in [5.74, 6) is -0.148. The van der Waals surface area contributed by atoms with E-state index in [1.807, 2.05) is 36.4 Å². The number of rotatable bonds is 6. The molecule has 25 heavy (non-hydrogen) atoms. The number of halogens is 3. The summed E-state index contributed by atoms with van der Waals surface area (Å²) in [5.41, 5.74) is 4.09. The van der Waals surface area contributed by atoms with E-state index in [1.165, 1.54) is 12.1 Å².